The lowest BCUT2D eigenvalue weighted by molar-refractivity contribution is 0.0675. The number of nitrogens with zero attached hydrogens (tertiary/aromatic N) is 1. The number of fused-ring (bicyclic) bond motifs is 1. The summed E-state index contributed by atoms with van der Waals surface area (Å²) in [5.41, 5.74) is 1.03. The summed E-state index contributed by atoms with van der Waals surface area (Å²) in [6, 6.07) is 3.89. The number of guanidine groups is 1. The van der Waals surface area contributed by atoms with Crippen molar-refractivity contribution in [1.82, 2.24) is 10.6 Å². The third-order valence-corrected chi connectivity index (χ3v) is 4.73. The minimum Gasteiger partial charge on any atom is -0.489 e. The van der Waals surface area contributed by atoms with E-state index >= 15 is 0 Å². The number of hydrogen-bond donors (Lipinski definition) is 2. The average Bonchev–Trinajstić information content (AvgIpc) is 2.88. The first kappa shape index (κ1) is 18.1. The van der Waals surface area contributed by atoms with E-state index in [9.17, 15) is 0 Å². The highest BCUT2D eigenvalue weighted by Gasteiger charge is 2.16. The highest BCUT2D eigenvalue weighted by atomic mass is 35.5. The minimum absolute atomic E-state index is 0.585. The molecule has 0 saturated carbocycles. The number of aliphatic imine (C=N–C) groups is 1. The van der Waals surface area contributed by atoms with Gasteiger partial charge in [-0.05, 0) is 36.5 Å². The molecule has 2 aliphatic heterocycles. The van der Waals surface area contributed by atoms with Gasteiger partial charge in [-0.2, -0.15) is 0 Å². The summed E-state index contributed by atoms with van der Waals surface area (Å²) in [5, 5.41) is 7.30. The smallest absolute Gasteiger partial charge is 0.191 e. The number of ether oxygens (including phenoxy) is 3. The second kappa shape index (κ2) is 9.15. The zero-order valence-electron chi connectivity index (χ0n) is 14.6. The molecule has 0 radical (unpaired) electrons. The maximum absolute atomic E-state index is 6.34. The molecule has 138 valence electrons. The summed E-state index contributed by atoms with van der Waals surface area (Å²) in [5.74, 6) is 2.78. The zero-order valence-corrected chi connectivity index (χ0v) is 15.4. The van der Waals surface area contributed by atoms with Crippen molar-refractivity contribution in [3.63, 3.8) is 0 Å². The van der Waals surface area contributed by atoms with Crippen molar-refractivity contribution >= 4 is 17.6 Å². The van der Waals surface area contributed by atoms with Crippen LogP contribution in [0.25, 0.3) is 0 Å². The molecule has 1 saturated heterocycles. The maximum atomic E-state index is 6.34. The molecular weight excluding hydrogens is 342 g/mol. The third-order valence-electron chi connectivity index (χ3n) is 4.44. The molecule has 3 rings (SSSR count). The van der Waals surface area contributed by atoms with Gasteiger partial charge in [0.25, 0.3) is 0 Å². The Morgan fingerprint density at radius 3 is 2.76 bits per heavy atom. The number of halogens is 1. The Kier molecular flexibility index (Phi) is 6.64. The van der Waals surface area contributed by atoms with E-state index in [0.29, 0.717) is 42.2 Å². The predicted molar refractivity (Wildman–Crippen MR) is 98.8 cm³/mol. The van der Waals surface area contributed by atoms with Gasteiger partial charge in [0.05, 0.1) is 18.2 Å². The standard InChI is InChI=1S/C18H26ClN3O3/c1-20-18(21-11-13-3-7-23-8-4-13)22-12-14-9-15(19)17-16(10-14)24-5-2-6-25-17/h9-10,13H,2-8,11-12H2,1H3,(H2,20,21,22). The van der Waals surface area contributed by atoms with Crippen LogP contribution in [0.3, 0.4) is 0 Å². The van der Waals surface area contributed by atoms with Crippen molar-refractivity contribution in [1.29, 1.82) is 0 Å². The van der Waals surface area contributed by atoms with Crippen molar-refractivity contribution < 1.29 is 14.2 Å². The topological polar surface area (TPSA) is 64.1 Å². The first-order chi connectivity index (χ1) is 12.3. The van der Waals surface area contributed by atoms with E-state index in [0.717, 1.165) is 50.5 Å². The lowest BCUT2D eigenvalue weighted by Gasteiger charge is -2.23. The number of nitrogens with one attached hydrogen (secondary N) is 2. The normalized spacial score (nSPS) is 18.6. The van der Waals surface area contributed by atoms with Gasteiger partial charge in [-0.1, -0.05) is 11.6 Å². The van der Waals surface area contributed by atoms with E-state index in [1.54, 1.807) is 7.05 Å². The van der Waals surface area contributed by atoms with Gasteiger partial charge in [0.15, 0.2) is 17.5 Å². The number of hydrogen-bond acceptors (Lipinski definition) is 4. The quantitative estimate of drug-likeness (QED) is 0.632. The Balaban J connectivity index is 1.54. The van der Waals surface area contributed by atoms with Gasteiger partial charge in [-0.15, -0.1) is 0 Å². The van der Waals surface area contributed by atoms with Crippen molar-refractivity contribution in [2.45, 2.75) is 25.8 Å². The molecule has 0 bridgehead atoms. The van der Waals surface area contributed by atoms with Gasteiger partial charge in [-0.3, -0.25) is 4.99 Å². The first-order valence-electron chi connectivity index (χ1n) is 8.86. The highest BCUT2D eigenvalue weighted by Crippen LogP contribution is 2.37. The van der Waals surface area contributed by atoms with E-state index in [2.05, 4.69) is 15.6 Å². The van der Waals surface area contributed by atoms with Crippen LogP contribution in [-0.2, 0) is 11.3 Å². The van der Waals surface area contributed by atoms with E-state index in [4.69, 9.17) is 25.8 Å². The van der Waals surface area contributed by atoms with Gasteiger partial charge in [0.1, 0.15) is 0 Å². The Hall–Kier alpha value is -1.66. The average molecular weight is 368 g/mol. The molecule has 0 atom stereocenters. The van der Waals surface area contributed by atoms with Crippen molar-refractivity contribution in [3.05, 3.63) is 22.7 Å². The predicted octanol–water partition coefficient (Wildman–Crippen LogP) is 2.59. The monoisotopic (exact) mass is 367 g/mol. The number of rotatable bonds is 4. The van der Waals surface area contributed by atoms with E-state index in [-0.39, 0.29) is 0 Å². The Labute approximate surface area is 153 Å². The summed E-state index contributed by atoms with van der Waals surface area (Å²) >= 11 is 6.34. The highest BCUT2D eigenvalue weighted by molar-refractivity contribution is 6.32. The summed E-state index contributed by atoms with van der Waals surface area (Å²) in [6.45, 7) is 4.51. The minimum atomic E-state index is 0.585. The maximum Gasteiger partial charge on any atom is 0.191 e. The molecule has 1 aromatic carbocycles. The zero-order chi connectivity index (χ0) is 17.5. The molecule has 1 aromatic rings. The summed E-state index contributed by atoms with van der Waals surface area (Å²) < 4.78 is 16.8. The van der Waals surface area contributed by atoms with E-state index < -0.39 is 0 Å². The van der Waals surface area contributed by atoms with E-state index in [1.807, 2.05) is 12.1 Å². The van der Waals surface area contributed by atoms with Crippen LogP contribution in [0, 0.1) is 5.92 Å². The molecule has 0 aliphatic carbocycles. The van der Waals surface area contributed by atoms with Gasteiger partial charge in [0.2, 0.25) is 0 Å². The fourth-order valence-electron chi connectivity index (χ4n) is 2.98. The van der Waals surface area contributed by atoms with E-state index in [1.165, 1.54) is 0 Å². The van der Waals surface area contributed by atoms with Crippen molar-refractivity contribution in [2.24, 2.45) is 10.9 Å². The van der Waals surface area contributed by atoms with Crippen LogP contribution in [0.15, 0.2) is 17.1 Å². The molecule has 2 aliphatic rings. The Bertz CT molecular complexity index is 603. The largest absolute Gasteiger partial charge is 0.489 e. The Morgan fingerprint density at radius 1 is 1.16 bits per heavy atom. The van der Waals surface area contributed by atoms with Crippen LogP contribution in [0.2, 0.25) is 5.02 Å². The second-order valence-corrected chi connectivity index (χ2v) is 6.72. The van der Waals surface area contributed by atoms with Crippen molar-refractivity contribution in [3.8, 4) is 11.5 Å². The van der Waals surface area contributed by atoms with Gasteiger partial charge in [0, 0.05) is 39.8 Å². The molecule has 25 heavy (non-hydrogen) atoms. The molecule has 0 unspecified atom stereocenters. The summed E-state index contributed by atoms with van der Waals surface area (Å²) in [7, 11) is 1.78. The van der Waals surface area contributed by atoms with Crippen LogP contribution < -0.4 is 20.1 Å². The molecule has 0 spiro atoms. The first-order valence-corrected chi connectivity index (χ1v) is 9.24. The second-order valence-electron chi connectivity index (χ2n) is 6.32. The fraction of sp³-hybridized carbons (Fsp3) is 0.611. The third kappa shape index (κ3) is 5.16. The molecule has 7 heteroatoms. The molecule has 1 fully saturated rings. The Morgan fingerprint density at radius 2 is 1.96 bits per heavy atom. The molecule has 2 heterocycles. The SMILES string of the molecule is CN=C(NCc1cc(Cl)c2c(c1)OCCCO2)NCC1CCOCC1. The molecule has 0 amide bonds. The van der Waals surface area contributed by atoms with Crippen LogP contribution in [0.5, 0.6) is 11.5 Å². The number of benzene rings is 1. The fourth-order valence-corrected chi connectivity index (χ4v) is 3.27. The van der Waals surface area contributed by atoms with Crippen LogP contribution in [0.4, 0.5) is 0 Å². The van der Waals surface area contributed by atoms with Crippen LogP contribution >= 0.6 is 11.6 Å². The van der Waals surface area contributed by atoms with Crippen LogP contribution in [-0.4, -0.2) is 46.0 Å². The molecular formula is C18H26ClN3O3. The van der Waals surface area contributed by atoms with Crippen molar-refractivity contribution in [2.75, 3.05) is 40.0 Å². The molecule has 6 nitrogen and oxygen atoms in total. The summed E-state index contributed by atoms with van der Waals surface area (Å²) in [6.07, 6.45) is 3.06. The van der Waals surface area contributed by atoms with Gasteiger partial charge >= 0.3 is 0 Å². The lowest BCUT2D eigenvalue weighted by atomic mass is 10.0. The van der Waals surface area contributed by atoms with Crippen LogP contribution in [0.1, 0.15) is 24.8 Å². The van der Waals surface area contributed by atoms with Gasteiger partial charge in [-0.25, -0.2) is 0 Å². The molecule has 0 aromatic heterocycles. The molecule has 2 N–H and O–H groups in total. The summed E-state index contributed by atoms with van der Waals surface area (Å²) in [4.78, 5) is 4.29. The lowest BCUT2D eigenvalue weighted by Crippen LogP contribution is -2.40. The van der Waals surface area contributed by atoms with Gasteiger partial charge < -0.3 is 24.8 Å².